The molecule has 0 bridgehead atoms. The molecule has 0 spiro atoms. The summed E-state index contributed by atoms with van der Waals surface area (Å²) in [4.78, 5) is 2.57. The van der Waals surface area contributed by atoms with Crippen LogP contribution in [0.2, 0.25) is 0 Å². The lowest BCUT2D eigenvalue weighted by molar-refractivity contribution is 0.240. The molecule has 0 radical (unpaired) electrons. The van der Waals surface area contributed by atoms with Crippen LogP contribution >= 0.6 is 0 Å². The van der Waals surface area contributed by atoms with Crippen molar-refractivity contribution < 1.29 is 0 Å². The van der Waals surface area contributed by atoms with Gasteiger partial charge in [-0.05, 0) is 24.5 Å². The largest absolute Gasteiger partial charge is 0.288 e. The predicted molar refractivity (Wildman–Crippen MR) is 58.0 cm³/mol. The number of hydrogen-bond acceptors (Lipinski definition) is 1. The molecule has 0 saturated carbocycles. The average molecular weight is 185 g/mol. The fourth-order valence-electron chi connectivity index (χ4n) is 2.57. The van der Waals surface area contributed by atoms with Crippen molar-refractivity contribution in [2.24, 2.45) is 0 Å². The Morgan fingerprint density at radius 1 is 1.29 bits per heavy atom. The molecule has 3 rings (SSSR count). The summed E-state index contributed by atoms with van der Waals surface area (Å²) in [5.74, 6) is 0. The maximum absolute atomic E-state index is 2.57. The zero-order valence-electron chi connectivity index (χ0n) is 8.53. The van der Waals surface area contributed by atoms with E-state index in [1.807, 2.05) is 0 Å². The van der Waals surface area contributed by atoms with Crippen molar-refractivity contribution in [3.05, 3.63) is 47.0 Å². The van der Waals surface area contributed by atoms with Gasteiger partial charge in [0.05, 0.1) is 6.04 Å². The number of hydrogen-bond donors (Lipinski definition) is 0. The Labute approximate surface area is 85.0 Å². The van der Waals surface area contributed by atoms with Crippen LogP contribution in [-0.4, -0.2) is 11.4 Å². The second-order valence-corrected chi connectivity index (χ2v) is 4.38. The van der Waals surface area contributed by atoms with Crippen molar-refractivity contribution in [3.8, 4) is 0 Å². The van der Waals surface area contributed by atoms with Crippen molar-refractivity contribution in [2.45, 2.75) is 25.9 Å². The third-order valence-electron chi connectivity index (χ3n) is 3.38. The molecule has 1 atom stereocenters. The van der Waals surface area contributed by atoms with Gasteiger partial charge in [-0.1, -0.05) is 35.9 Å². The molecule has 0 N–H and O–H groups in total. The molecule has 14 heavy (non-hydrogen) atoms. The van der Waals surface area contributed by atoms with Crippen molar-refractivity contribution in [2.75, 3.05) is 6.54 Å². The van der Waals surface area contributed by atoms with E-state index in [-0.39, 0.29) is 0 Å². The van der Waals surface area contributed by atoms with E-state index in [1.165, 1.54) is 24.1 Å². The fraction of sp³-hybridized carbons (Fsp3) is 0.385. The first-order chi connectivity index (χ1) is 6.84. The first kappa shape index (κ1) is 8.25. The molecule has 1 heteroatoms. The van der Waals surface area contributed by atoms with Crippen LogP contribution in [0.3, 0.4) is 0 Å². The van der Waals surface area contributed by atoms with Gasteiger partial charge >= 0.3 is 0 Å². The Kier molecular flexibility index (Phi) is 1.74. The summed E-state index contributed by atoms with van der Waals surface area (Å²) in [5, 5.41) is 0. The molecule has 0 amide bonds. The summed E-state index contributed by atoms with van der Waals surface area (Å²) >= 11 is 0. The highest BCUT2D eigenvalue weighted by Crippen LogP contribution is 2.37. The van der Waals surface area contributed by atoms with Crippen LogP contribution in [0.15, 0.2) is 35.9 Å². The quantitative estimate of drug-likeness (QED) is 0.562. The SMILES string of the molecule is CC1=CC2c3ccccc3CN2CC1. The molecular formula is C13H15N. The maximum atomic E-state index is 2.57. The lowest BCUT2D eigenvalue weighted by Crippen LogP contribution is -2.25. The van der Waals surface area contributed by atoms with Gasteiger partial charge in [-0.3, -0.25) is 4.90 Å². The van der Waals surface area contributed by atoms with Crippen LogP contribution in [0, 0.1) is 0 Å². The second kappa shape index (κ2) is 2.96. The zero-order valence-corrected chi connectivity index (χ0v) is 8.53. The standard InChI is InChI=1S/C13H15N/c1-10-6-7-14-9-11-4-2-3-5-12(11)13(14)8-10/h2-5,8,13H,6-7,9H2,1H3. The van der Waals surface area contributed by atoms with Crippen molar-refractivity contribution in [1.29, 1.82) is 0 Å². The van der Waals surface area contributed by atoms with E-state index >= 15 is 0 Å². The normalized spacial score (nSPS) is 25.5. The molecular weight excluding hydrogens is 170 g/mol. The molecule has 1 unspecified atom stereocenters. The summed E-state index contributed by atoms with van der Waals surface area (Å²) in [6, 6.07) is 9.40. The molecule has 1 nitrogen and oxygen atoms in total. The zero-order chi connectivity index (χ0) is 9.54. The molecule has 1 aromatic rings. The Balaban J connectivity index is 2.07. The summed E-state index contributed by atoms with van der Waals surface area (Å²) in [7, 11) is 0. The Morgan fingerprint density at radius 3 is 3.07 bits per heavy atom. The molecule has 1 aromatic carbocycles. The molecule has 2 aliphatic heterocycles. The molecule has 72 valence electrons. The van der Waals surface area contributed by atoms with Crippen LogP contribution in [0.25, 0.3) is 0 Å². The predicted octanol–water partition coefficient (Wildman–Crippen LogP) is 2.89. The topological polar surface area (TPSA) is 3.24 Å². The molecule has 2 aliphatic rings. The first-order valence-corrected chi connectivity index (χ1v) is 5.34. The molecule has 0 aromatic heterocycles. The van der Waals surface area contributed by atoms with E-state index in [4.69, 9.17) is 0 Å². The third kappa shape index (κ3) is 1.12. The summed E-state index contributed by atoms with van der Waals surface area (Å²) in [6.07, 6.45) is 3.67. The molecule has 0 aliphatic carbocycles. The van der Waals surface area contributed by atoms with Crippen LogP contribution in [0.5, 0.6) is 0 Å². The van der Waals surface area contributed by atoms with Crippen LogP contribution < -0.4 is 0 Å². The van der Waals surface area contributed by atoms with E-state index in [9.17, 15) is 0 Å². The Bertz CT molecular complexity index is 392. The van der Waals surface area contributed by atoms with Crippen LogP contribution in [0.1, 0.15) is 30.5 Å². The van der Waals surface area contributed by atoms with Crippen LogP contribution in [0.4, 0.5) is 0 Å². The van der Waals surface area contributed by atoms with Gasteiger partial charge in [0, 0.05) is 13.1 Å². The molecule has 0 saturated heterocycles. The van der Waals surface area contributed by atoms with Gasteiger partial charge in [-0.25, -0.2) is 0 Å². The third-order valence-corrected chi connectivity index (χ3v) is 3.38. The average Bonchev–Trinajstić information content (AvgIpc) is 2.56. The Hall–Kier alpha value is -1.08. The van der Waals surface area contributed by atoms with Crippen LogP contribution in [-0.2, 0) is 6.54 Å². The van der Waals surface area contributed by atoms with E-state index in [0.717, 1.165) is 6.54 Å². The van der Waals surface area contributed by atoms with E-state index < -0.39 is 0 Å². The highest BCUT2D eigenvalue weighted by molar-refractivity contribution is 5.38. The summed E-state index contributed by atoms with van der Waals surface area (Å²) < 4.78 is 0. The second-order valence-electron chi connectivity index (χ2n) is 4.38. The van der Waals surface area contributed by atoms with E-state index in [1.54, 1.807) is 5.57 Å². The smallest absolute Gasteiger partial charge is 0.0540 e. The minimum Gasteiger partial charge on any atom is -0.288 e. The first-order valence-electron chi connectivity index (χ1n) is 5.34. The van der Waals surface area contributed by atoms with Crippen molar-refractivity contribution in [1.82, 2.24) is 4.90 Å². The molecule has 2 heterocycles. The minimum atomic E-state index is 0.569. The highest BCUT2D eigenvalue weighted by Gasteiger charge is 2.29. The minimum absolute atomic E-state index is 0.569. The lowest BCUT2D eigenvalue weighted by atomic mass is 9.99. The Morgan fingerprint density at radius 2 is 2.14 bits per heavy atom. The highest BCUT2D eigenvalue weighted by atomic mass is 15.2. The maximum Gasteiger partial charge on any atom is 0.0540 e. The monoisotopic (exact) mass is 185 g/mol. The number of benzene rings is 1. The number of rotatable bonds is 0. The number of fused-ring (bicyclic) bond motifs is 3. The van der Waals surface area contributed by atoms with Gasteiger partial charge in [0.25, 0.3) is 0 Å². The van der Waals surface area contributed by atoms with Crippen molar-refractivity contribution >= 4 is 0 Å². The van der Waals surface area contributed by atoms with Gasteiger partial charge < -0.3 is 0 Å². The lowest BCUT2D eigenvalue weighted by Gasteiger charge is -2.27. The van der Waals surface area contributed by atoms with Gasteiger partial charge in [0.1, 0.15) is 0 Å². The van der Waals surface area contributed by atoms with Gasteiger partial charge in [-0.2, -0.15) is 0 Å². The van der Waals surface area contributed by atoms with Gasteiger partial charge in [0.15, 0.2) is 0 Å². The number of nitrogens with zero attached hydrogens (tertiary/aromatic N) is 1. The molecule has 0 fully saturated rings. The van der Waals surface area contributed by atoms with Crippen molar-refractivity contribution in [3.63, 3.8) is 0 Å². The van der Waals surface area contributed by atoms with Gasteiger partial charge in [-0.15, -0.1) is 0 Å². The van der Waals surface area contributed by atoms with E-state index in [2.05, 4.69) is 42.2 Å². The van der Waals surface area contributed by atoms with E-state index in [0.29, 0.717) is 6.04 Å². The fourth-order valence-corrected chi connectivity index (χ4v) is 2.57. The van der Waals surface area contributed by atoms with Gasteiger partial charge in [0.2, 0.25) is 0 Å². The summed E-state index contributed by atoms with van der Waals surface area (Å²) in [6.45, 7) is 4.62. The summed E-state index contributed by atoms with van der Waals surface area (Å²) in [5.41, 5.74) is 4.58.